The summed E-state index contributed by atoms with van der Waals surface area (Å²) in [5.74, 6) is -0.373. The maximum Gasteiger partial charge on any atom is 0.337 e. The number of benzene rings is 1. The lowest BCUT2D eigenvalue weighted by atomic mass is 10.0. The van der Waals surface area contributed by atoms with Crippen LogP contribution in [0.25, 0.3) is 40.9 Å². The molecule has 3 aromatic heterocycles. The van der Waals surface area contributed by atoms with Gasteiger partial charge in [-0.25, -0.2) is 9.78 Å². The molecule has 0 fully saturated rings. The van der Waals surface area contributed by atoms with Gasteiger partial charge in [-0.15, -0.1) is 0 Å². The highest BCUT2D eigenvalue weighted by Gasteiger charge is 2.13. The number of pyridine rings is 2. The predicted octanol–water partition coefficient (Wildman–Crippen LogP) is 3.92. The van der Waals surface area contributed by atoms with Crippen LogP contribution in [0.4, 0.5) is 0 Å². The van der Waals surface area contributed by atoms with Crippen LogP contribution in [0.1, 0.15) is 28.5 Å². The second-order valence-corrected chi connectivity index (χ2v) is 7.52. The van der Waals surface area contributed by atoms with Crippen LogP contribution in [-0.4, -0.2) is 33.2 Å². The van der Waals surface area contributed by atoms with Crippen LogP contribution in [0.15, 0.2) is 66.9 Å². The Morgan fingerprint density at radius 2 is 1.82 bits per heavy atom. The van der Waals surface area contributed by atoms with E-state index < -0.39 is 0 Å². The number of carbonyl (C=O) groups is 1. The molecule has 0 unspecified atom stereocenters. The number of rotatable bonds is 5. The molecule has 0 spiro atoms. The Labute approximate surface area is 192 Å². The third-order valence-electron chi connectivity index (χ3n) is 5.29. The van der Waals surface area contributed by atoms with Gasteiger partial charge in [0.25, 0.3) is 0 Å². The number of carbonyl (C=O) groups excluding carboxylic acids is 1. The van der Waals surface area contributed by atoms with Crippen LogP contribution >= 0.6 is 0 Å². The summed E-state index contributed by atoms with van der Waals surface area (Å²) in [6.45, 7) is 8.04. The molecule has 6 heteroatoms. The van der Waals surface area contributed by atoms with Gasteiger partial charge in [0.05, 0.1) is 41.3 Å². The fourth-order valence-electron chi connectivity index (χ4n) is 3.56. The molecule has 0 aliphatic carbocycles. The zero-order valence-corrected chi connectivity index (χ0v) is 18.8. The average Bonchev–Trinajstić information content (AvgIpc) is 3.33. The first-order valence-electron chi connectivity index (χ1n) is 10.5. The van der Waals surface area contributed by atoms with E-state index in [0.717, 1.165) is 50.0 Å². The summed E-state index contributed by atoms with van der Waals surface area (Å²) < 4.78 is 4.85. The largest absolute Gasteiger partial charge is 0.465 e. The Morgan fingerprint density at radius 1 is 1.03 bits per heavy atom. The number of aromatic nitrogens is 4. The van der Waals surface area contributed by atoms with Crippen LogP contribution in [0.2, 0.25) is 0 Å². The van der Waals surface area contributed by atoms with Crippen molar-refractivity contribution >= 4 is 24.2 Å². The zero-order chi connectivity index (χ0) is 23.4. The van der Waals surface area contributed by atoms with Gasteiger partial charge in [0.15, 0.2) is 0 Å². The Morgan fingerprint density at radius 3 is 2.58 bits per heavy atom. The maximum absolute atomic E-state index is 11.9. The number of hydrogen-bond acceptors (Lipinski definition) is 5. The van der Waals surface area contributed by atoms with Crippen LogP contribution < -0.4 is 10.6 Å². The van der Waals surface area contributed by atoms with Crippen LogP contribution in [0, 0.1) is 6.92 Å². The molecule has 0 radical (unpaired) electrons. The van der Waals surface area contributed by atoms with E-state index in [1.807, 2.05) is 74.5 Å². The van der Waals surface area contributed by atoms with Gasteiger partial charge >= 0.3 is 5.97 Å². The second-order valence-electron chi connectivity index (χ2n) is 7.52. The lowest BCUT2D eigenvalue weighted by Crippen LogP contribution is -2.27. The van der Waals surface area contributed by atoms with Crippen LogP contribution in [0.5, 0.6) is 0 Å². The number of nitrogens with one attached hydrogen (secondary N) is 1. The van der Waals surface area contributed by atoms with E-state index in [9.17, 15) is 4.79 Å². The highest BCUT2D eigenvalue weighted by atomic mass is 16.5. The lowest BCUT2D eigenvalue weighted by Gasteiger charge is -2.06. The minimum absolute atomic E-state index is 0.373. The minimum atomic E-state index is -0.373. The van der Waals surface area contributed by atoms with E-state index >= 15 is 0 Å². The van der Waals surface area contributed by atoms with Gasteiger partial charge in [-0.1, -0.05) is 36.9 Å². The molecule has 1 aromatic carbocycles. The van der Waals surface area contributed by atoms with Gasteiger partial charge in [-0.3, -0.25) is 10.1 Å². The topological polar surface area (TPSA) is 80.8 Å². The Bertz CT molecular complexity index is 1470. The van der Waals surface area contributed by atoms with Crippen molar-refractivity contribution in [3.8, 4) is 22.6 Å². The Kier molecular flexibility index (Phi) is 6.26. The zero-order valence-electron chi connectivity index (χ0n) is 18.8. The highest BCUT2D eigenvalue weighted by molar-refractivity contribution is 5.93. The molecular weight excluding hydrogens is 412 g/mol. The van der Waals surface area contributed by atoms with E-state index in [-0.39, 0.29) is 5.97 Å². The van der Waals surface area contributed by atoms with Crippen molar-refractivity contribution in [1.82, 2.24) is 20.2 Å². The molecule has 0 saturated heterocycles. The first kappa shape index (κ1) is 21.9. The summed E-state index contributed by atoms with van der Waals surface area (Å²) in [6.07, 6.45) is 5.70. The maximum atomic E-state index is 11.9. The van der Waals surface area contributed by atoms with Gasteiger partial charge in [-0.05, 0) is 66.6 Å². The third-order valence-corrected chi connectivity index (χ3v) is 5.29. The number of aromatic amines is 1. The van der Waals surface area contributed by atoms with Gasteiger partial charge in [0, 0.05) is 11.3 Å². The lowest BCUT2D eigenvalue weighted by molar-refractivity contribution is 0.0600. The monoisotopic (exact) mass is 436 g/mol. The summed E-state index contributed by atoms with van der Waals surface area (Å²) in [7, 11) is 1.37. The van der Waals surface area contributed by atoms with Crippen LogP contribution in [-0.2, 0) is 4.74 Å². The number of methoxy groups -OCH3 is 1. The van der Waals surface area contributed by atoms with Crippen molar-refractivity contribution in [2.24, 2.45) is 0 Å². The van der Waals surface area contributed by atoms with E-state index in [1.54, 1.807) is 12.3 Å². The molecule has 0 amide bonds. The molecule has 0 saturated carbocycles. The van der Waals surface area contributed by atoms with E-state index in [1.165, 1.54) is 7.11 Å². The molecule has 0 aliphatic rings. The number of esters is 1. The van der Waals surface area contributed by atoms with Crippen molar-refractivity contribution in [2.75, 3.05) is 7.11 Å². The molecule has 4 rings (SSSR count). The van der Waals surface area contributed by atoms with Crippen molar-refractivity contribution in [3.05, 3.63) is 94.3 Å². The standard InChI is InChI=1S/C27H24N4O2/c1-5-19(20-9-7-10-21(14-20)27(32)33-4)15-25-17(2)12-13-23(30-25)22-16-28-31-26(22)24-11-6-8-18(3)29-24/h5-16H,2H2,1,3-4H3,(H,28,31)/b19-5+,25-15+. The predicted molar refractivity (Wildman–Crippen MR) is 130 cm³/mol. The molecule has 0 atom stereocenters. The summed E-state index contributed by atoms with van der Waals surface area (Å²) in [6, 6.07) is 17.0. The molecule has 0 bridgehead atoms. The summed E-state index contributed by atoms with van der Waals surface area (Å²) in [5.41, 5.74) is 6.47. The molecule has 33 heavy (non-hydrogen) atoms. The molecule has 164 valence electrons. The normalized spacial score (nSPS) is 12.1. The summed E-state index contributed by atoms with van der Waals surface area (Å²) in [5, 5.41) is 8.80. The van der Waals surface area contributed by atoms with Gasteiger partial charge in [-0.2, -0.15) is 5.10 Å². The highest BCUT2D eigenvalue weighted by Crippen LogP contribution is 2.27. The molecule has 4 aromatic rings. The Hall–Kier alpha value is -4.32. The first-order chi connectivity index (χ1) is 16.0. The van der Waals surface area contributed by atoms with E-state index in [2.05, 4.69) is 21.8 Å². The number of nitrogens with zero attached hydrogens (tertiary/aromatic N) is 3. The smallest absolute Gasteiger partial charge is 0.337 e. The molecule has 6 nitrogen and oxygen atoms in total. The third kappa shape index (κ3) is 4.65. The number of aryl methyl sites for hydroxylation is 1. The molecule has 3 heterocycles. The van der Waals surface area contributed by atoms with Crippen LogP contribution in [0.3, 0.4) is 0 Å². The van der Waals surface area contributed by atoms with Gasteiger partial charge in [0.2, 0.25) is 0 Å². The quantitative estimate of drug-likeness (QED) is 0.480. The Balaban J connectivity index is 1.79. The number of ether oxygens (including phenoxy) is 1. The average molecular weight is 437 g/mol. The minimum Gasteiger partial charge on any atom is -0.465 e. The molecule has 1 N–H and O–H groups in total. The molecular formula is C27H24N4O2. The van der Waals surface area contributed by atoms with Crippen molar-refractivity contribution in [2.45, 2.75) is 13.8 Å². The SMILES string of the molecule is C=c1ccc(-c2cn[nH]c2-c2cccc(C)n2)n/c1=C/C(=C\C)c1cccc(C(=O)OC)c1. The van der Waals surface area contributed by atoms with Crippen molar-refractivity contribution in [3.63, 3.8) is 0 Å². The van der Waals surface area contributed by atoms with Crippen molar-refractivity contribution < 1.29 is 9.53 Å². The van der Waals surface area contributed by atoms with Gasteiger partial charge < -0.3 is 4.74 Å². The number of hydrogen-bond donors (Lipinski definition) is 1. The number of H-pyrrole nitrogens is 1. The second kappa shape index (κ2) is 9.44. The number of allylic oxidation sites excluding steroid dienone is 2. The fraction of sp³-hybridized carbons (Fsp3) is 0.111. The van der Waals surface area contributed by atoms with Crippen molar-refractivity contribution in [1.29, 1.82) is 0 Å². The van der Waals surface area contributed by atoms with Gasteiger partial charge in [0.1, 0.15) is 0 Å². The van der Waals surface area contributed by atoms with E-state index in [0.29, 0.717) is 5.56 Å². The summed E-state index contributed by atoms with van der Waals surface area (Å²) in [4.78, 5) is 21.4. The first-order valence-corrected chi connectivity index (χ1v) is 10.5. The molecule has 0 aliphatic heterocycles. The fourth-order valence-corrected chi connectivity index (χ4v) is 3.56. The van der Waals surface area contributed by atoms with E-state index in [4.69, 9.17) is 9.72 Å². The summed E-state index contributed by atoms with van der Waals surface area (Å²) >= 11 is 0.